The molecule has 104 valence electrons. The second kappa shape index (κ2) is 6.68. The Bertz CT molecular complexity index is 616. The first-order valence-electron chi connectivity index (χ1n) is 6.37. The highest BCUT2D eigenvalue weighted by Crippen LogP contribution is 2.24. The van der Waals surface area contributed by atoms with Crippen LogP contribution in [0.1, 0.15) is 24.7 Å². The van der Waals surface area contributed by atoms with E-state index in [9.17, 15) is 0 Å². The normalized spacial score (nSPS) is 10.2. The number of para-hydroxylation sites is 2. The van der Waals surface area contributed by atoms with Crippen LogP contribution in [0.3, 0.4) is 0 Å². The van der Waals surface area contributed by atoms with Gasteiger partial charge in [0.05, 0.1) is 13.2 Å². The summed E-state index contributed by atoms with van der Waals surface area (Å²) in [6, 6.07) is 9.55. The molecule has 2 aromatic rings. The largest absolute Gasteiger partial charge is 0.491 e. The smallest absolute Gasteiger partial charge is 0.188 e. The zero-order chi connectivity index (χ0) is 14.4. The second-order valence-corrected chi connectivity index (χ2v) is 4.16. The maximum atomic E-state index is 9.06. The monoisotopic (exact) mass is 272 g/mol. The van der Waals surface area contributed by atoms with Gasteiger partial charge in [-0.15, -0.1) is 5.10 Å². The van der Waals surface area contributed by atoms with Crippen molar-refractivity contribution in [3.8, 4) is 17.5 Å². The van der Waals surface area contributed by atoms with Crippen molar-refractivity contribution in [2.45, 2.75) is 20.0 Å². The fourth-order valence-electron chi connectivity index (χ4n) is 1.81. The van der Waals surface area contributed by atoms with Crippen molar-refractivity contribution in [3.63, 3.8) is 0 Å². The second-order valence-electron chi connectivity index (χ2n) is 4.16. The Hall–Kier alpha value is -2.39. The summed E-state index contributed by atoms with van der Waals surface area (Å²) in [7, 11) is 1.57. The summed E-state index contributed by atoms with van der Waals surface area (Å²) in [5.74, 6) is 0.709. The molecule has 0 aliphatic heterocycles. The van der Waals surface area contributed by atoms with Gasteiger partial charge in [0.15, 0.2) is 5.69 Å². The minimum atomic E-state index is 0.261. The van der Waals surface area contributed by atoms with Gasteiger partial charge in [0.25, 0.3) is 0 Å². The van der Waals surface area contributed by atoms with Gasteiger partial charge in [-0.2, -0.15) is 5.26 Å². The summed E-state index contributed by atoms with van der Waals surface area (Å²) in [5, 5.41) is 17.0. The zero-order valence-corrected chi connectivity index (χ0v) is 11.5. The molecule has 1 aromatic heterocycles. The van der Waals surface area contributed by atoms with Crippen LogP contribution in [0.25, 0.3) is 5.69 Å². The molecule has 0 bridgehead atoms. The molecule has 0 atom stereocenters. The molecule has 0 saturated carbocycles. The topological polar surface area (TPSA) is 73.0 Å². The van der Waals surface area contributed by atoms with E-state index in [0.29, 0.717) is 18.1 Å². The summed E-state index contributed by atoms with van der Waals surface area (Å²) in [6.45, 7) is 2.93. The van der Waals surface area contributed by atoms with Crippen LogP contribution < -0.4 is 4.74 Å². The third-order valence-electron chi connectivity index (χ3n) is 2.71. The van der Waals surface area contributed by atoms with E-state index in [1.165, 1.54) is 0 Å². The minimum absolute atomic E-state index is 0.261. The van der Waals surface area contributed by atoms with Gasteiger partial charge in [-0.05, 0) is 18.6 Å². The van der Waals surface area contributed by atoms with Gasteiger partial charge >= 0.3 is 0 Å². The molecule has 1 heterocycles. The Morgan fingerprint density at radius 3 is 2.85 bits per heavy atom. The first-order valence-corrected chi connectivity index (χ1v) is 6.37. The number of hydrogen-bond acceptors (Lipinski definition) is 5. The third kappa shape index (κ3) is 2.78. The van der Waals surface area contributed by atoms with Gasteiger partial charge in [-0.1, -0.05) is 24.3 Å². The van der Waals surface area contributed by atoms with E-state index in [0.717, 1.165) is 12.1 Å². The first-order chi connectivity index (χ1) is 9.81. The van der Waals surface area contributed by atoms with Crippen LogP contribution in [0, 0.1) is 11.3 Å². The van der Waals surface area contributed by atoms with E-state index in [1.807, 2.05) is 37.3 Å². The lowest BCUT2D eigenvalue weighted by molar-refractivity contribution is 0.179. The molecule has 0 amide bonds. The molecule has 1 aromatic carbocycles. The molecule has 0 aliphatic rings. The Balaban J connectivity index is 2.46. The third-order valence-corrected chi connectivity index (χ3v) is 2.71. The highest BCUT2D eigenvalue weighted by molar-refractivity contribution is 5.47. The number of rotatable bonds is 6. The molecule has 20 heavy (non-hydrogen) atoms. The SMILES string of the molecule is CCCOc1ccccc1-n1nnc(C#N)c1COC. The van der Waals surface area contributed by atoms with Gasteiger partial charge in [-0.25, -0.2) is 4.68 Å². The molecule has 6 heteroatoms. The van der Waals surface area contributed by atoms with Gasteiger partial charge in [0.1, 0.15) is 23.2 Å². The standard InChI is InChI=1S/C14H16N4O2/c1-3-8-20-14-7-5-4-6-12(14)18-13(10-19-2)11(9-15)16-17-18/h4-7H,3,8,10H2,1-2H3. The average molecular weight is 272 g/mol. The van der Waals surface area contributed by atoms with Crippen molar-refractivity contribution in [1.29, 1.82) is 5.26 Å². The molecule has 0 spiro atoms. The van der Waals surface area contributed by atoms with E-state index in [4.69, 9.17) is 14.7 Å². The van der Waals surface area contributed by atoms with Crippen LogP contribution in [0.4, 0.5) is 0 Å². The predicted molar refractivity (Wildman–Crippen MR) is 72.6 cm³/mol. The molecule has 0 N–H and O–H groups in total. The molecule has 6 nitrogen and oxygen atoms in total. The van der Waals surface area contributed by atoms with E-state index in [-0.39, 0.29) is 12.3 Å². The molecule has 0 saturated heterocycles. The van der Waals surface area contributed by atoms with Crippen molar-refractivity contribution in [3.05, 3.63) is 35.7 Å². The number of hydrogen-bond donors (Lipinski definition) is 0. The molecule has 0 unspecified atom stereocenters. The van der Waals surface area contributed by atoms with Crippen LogP contribution in [0.15, 0.2) is 24.3 Å². The maximum Gasteiger partial charge on any atom is 0.188 e. The molecular formula is C14H16N4O2. The van der Waals surface area contributed by atoms with Crippen molar-refractivity contribution >= 4 is 0 Å². The summed E-state index contributed by atoms with van der Waals surface area (Å²) in [4.78, 5) is 0. The molecule has 0 radical (unpaired) electrons. The lowest BCUT2D eigenvalue weighted by atomic mass is 10.2. The molecule has 0 fully saturated rings. The number of benzene rings is 1. The summed E-state index contributed by atoms with van der Waals surface area (Å²) < 4.78 is 12.4. The summed E-state index contributed by atoms with van der Waals surface area (Å²) in [5.41, 5.74) is 1.63. The lowest BCUT2D eigenvalue weighted by Gasteiger charge is -2.12. The van der Waals surface area contributed by atoms with Crippen LogP contribution in [-0.2, 0) is 11.3 Å². The van der Waals surface area contributed by atoms with E-state index in [1.54, 1.807) is 11.8 Å². The van der Waals surface area contributed by atoms with Crippen LogP contribution in [0.2, 0.25) is 0 Å². The van der Waals surface area contributed by atoms with Crippen LogP contribution in [-0.4, -0.2) is 28.7 Å². The van der Waals surface area contributed by atoms with Crippen LogP contribution >= 0.6 is 0 Å². The quantitative estimate of drug-likeness (QED) is 0.805. The number of aromatic nitrogens is 3. The molecule has 0 aliphatic carbocycles. The van der Waals surface area contributed by atoms with Crippen LogP contribution in [0.5, 0.6) is 5.75 Å². The first kappa shape index (κ1) is 14.0. The summed E-state index contributed by atoms with van der Waals surface area (Å²) in [6.07, 6.45) is 0.917. The predicted octanol–water partition coefficient (Wildman–Crippen LogP) is 2.07. The fraction of sp³-hybridized carbons (Fsp3) is 0.357. The lowest BCUT2D eigenvalue weighted by Crippen LogP contribution is -2.07. The van der Waals surface area contributed by atoms with Gasteiger partial charge in [0.2, 0.25) is 0 Å². The highest BCUT2D eigenvalue weighted by Gasteiger charge is 2.16. The number of methoxy groups -OCH3 is 1. The van der Waals surface area contributed by atoms with Crippen molar-refractivity contribution in [1.82, 2.24) is 15.0 Å². The van der Waals surface area contributed by atoms with Crippen molar-refractivity contribution < 1.29 is 9.47 Å². The summed E-state index contributed by atoms with van der Waals surface area (Å²) >= 11 is 0. The Labute approximate surface area is 117 Å². The van der Waals surface area contributed by atoms with E-state index < -0.39 is 0 Å². The van der Waals surface area contributed by atoms with E-state index >= 15 is 0 Å². The van der Waals surface area contributed by atoms with E-state index in [2.05, 4.69) is 10.3 Å². The number of nitriles is 1. The molecule has 2 rings (SSSR count). The van der Waals surface area contributed by atoms with Crippen molar-refractivity contribution in [2.75, 3.05) is 13.7 Å². The zero-order valence-electron chi connectivity index (χ0n) is 11.5. The minimum Gasteiger partial charge on any atom is -0.491 e. The van der Waals surface area contributed by atoms with Gasteiger partial charge in [-0.3, -0.25) is 0 Å². The Morgan fingerprint density at radius 2 is 2.15 bits per heavy atom. The number of ether oxygens (including phenoxy) is 2. The fourth-order valence-corrected chi connectivity index (χ4v) is 1.81. The van der Waals surface area contributed by atoms with Crippen molar-refractivity contribution in [2.24, 2.45) is 0 Å². The number of nitrogens with zero attached hydrogens (tertiary/aromatic N) is 4. The highest BCUT2D eigenvalue weighted by atomic mass is 16.5. The van der Waals surface area contributed by atoms with Gasteiger partial charge in [0, 0.05) is 7.11 Å². The molecular weight excluding hydrogens is 256 g/mol. The maximum absolute atomic E-state index is 9.06. The Kier molecular flexibility index (Phi) is 4.69. The average Bonchev–Trinajstić information content (AvgIpc) is 2.88. The van der Waals surface area contributed by atoms with Gasteiger partial charge < -0.3 is 9.47 Å². The Morgan fingerprint density at radius 1 is 1.35 bits per heavy atom.